The van der Waals surface area contributed by atoms with Crippen molar-refractivity contribution in [2.24, 2.45) is 28.9 Å². The van der Waals surface area contributed by atoms with Gasteiger partial charge in [0, 0.05) is 35.1 Å². The van der Waals surface area contributed by atoms with Crippen LogP contribution in [0.15, 0.2) is 28.7 Å². The first-order chi connectivity index (χ1) is 14.8. The molecule has 0 aromatic heterocycles. The zero-order valence-electron chi connectivity index (χ0n) is 18.1. The van der Waals surface area contributed by atoms with Gasteiger partial charge in [0.25, 0.3) is 5.91 Å². The number of hydrogen-bond acceptors (Lipinski definition) is 4. The van der Waals surface area contributed by atoms with Gasteiger partial charge in [0.1, 0.15) is 6.10 Å². The Kier molecular flexibility index (Phi) is 5.64. The number of morpholine rings is 1. The van der Waals surface area contributed by atoms with Gasteiger partial charge in [-0.15, -0.1) is 0 Å². The van der Waals surface area contributed by atoms with Gasteiger partial charge < -0.3 is 15.8 Å². The van der Waals surface area contributed by atoms with Gasteiger partial charge in [-0.05, 0) is 74.5 Å². The van der Waals surface area contributed by atoms with Crippen molar-refractivity contribution < 1.29 is 14.3 Å². The fraction of sp³-hybridized carbons (Fsp3) is 0.667. The van der Waals surface area contributed by atoms with Crippen LogP contribution in [0.4, 0.5) is 0 Å². The molecule has 6 nitrogen and oxygen atoms in total. The summed E-state index contributed by atoms with van der Waals surface area (Å²) in [4.78, 5) is 27.7. The summed E-state index contributed by atoms with van der Waals surface area (Å²) in [5.74, 6) is 1.18. The number of nitrogens with two attached hydrogens (primary N) is 1. The maximum absolute atomic E-state index is 13.2. The summed E-state index contributed by atoms with van der Waals surface area (Å²) in [6, 6.07) is 8.71. The third kappa shape index (κ3) is 3.93. The van der Waals surface area contributed by atoms with E-state index in [2.05, 4.69) is 45.2 Å². The molecule has 5 aliphatic rings. The Labute approximate surface area is 192 Å². The molecule has 0 spiro atoms. The van der Waals surface area contributed by atoms with Crippen molar-refractivity contribution in [2.75, 3.05) is 19.7 Å². The minimum atomic E-state index is -0.453. The second kappa shape index (κ2) is 8.16. The predicted molar refractivity (Wildman–Crippen MR) is 121 cm³/mol. The van der Waals surface area contributed by atoms with Gasteiger partial charge in [-0.3, -0.25) is 14.5 Å². The third-order valence-corrected chi connectivity index (χ3v) is 8.87. The minimum Gasteiger partial charge on any atom is -0.369 e. The smallest absolute Gasteiger partial charge is 0.250 e. The largest absolute Gasteiger partial charge is 0.369 e. The van der Waals surface area contributed by atoms with Crippen molar-refractivity contribution in [3.05, 3.63) is 34.3 Å². The first kappa shape index (κ1) is 21.4. The van der Waals surface area contributed by atoms with E-state index in [4.69, 9.17) is 10.5 Å². The molecule has 1 aromatic carbocycles. The molecule has 7 heteroatoms. The fourth-order valence-electron chi connectivity index (χ4n) is 6.98. The summed E-state index contributed by atoms with van der Waals surface area (Å²) in [6.07, 6.45) is 4.37. The predicted octanol–water partition coefficient (Wildman–Crippen LogP) is 3.01. The van der Waals surface area contributed by atoms with E-state index in [0.717, 1.165) is 43.1 Å². The van der Waals surface area contributed by atoms with E-state index >= 15 is 0 Å². The Morgan fingerprint density at radius 3 is 2.68 bits per heavy atom. The second-order valence-electron chi connectivity index (χ2n) is 10.2. The van der Waals surface area contributed by atoms with Crippen LogP contribution in [-0.4, -0.2) is 48.6 Å². The molecule has 6 rings (SSSR count). The molecule has 1 saturated heterocycles. The minimum absolute atomic E-state index is 0.00302. The number of hydrogen-bond donors (Lipinski definition) is 2. The number of nitrogens with zero attached hydrogens (tertiary/aromatic N) is 1. The summed E-state index contributed by atoms with van der Waals surface area (Å²) in [5, 5.41) is 3.35. The van der Waals surface area contributed by atoms with Gasteiger partial charge >= 0.3 is 0 Å². The van der Waals surface area contributed by atoms with Gasteiger partial charge in [-0.2, -0.15) is 0 Å². The highest BCUT2D eigenvalue weighted by molar-refractivity contribution is 9.10. The number of ether oxygens (including phenoxy) is 1. The number of halogens is 1. The Morgan fingerprint density at radius 1 is 1.26 bits per heavy atom. The zero-order valence-corrected chi connectivity index (χ0v) is 19.6. The average Bonchev–Trinajstić information content (AvgIpc) is 2.75. The molecule has 3 N–H and O–H groups in total. The summed E-state index contributed by atoms with van der Waals surface area (Å²) < 4.78 is 6.96. The van der Waals surface area contributed by atoms with Gasteiger partial charge in [0.05, 0.1) is 6.61 Å². The molecule has 4 bridgehead atoms. The van der Waals surface area contributed by atoms with Crippen LogP contribution in [0.1, 0.15) is 50.6 Å². The van der Waals surface area contributed by atoms with Gasteiger partial charge in [0.15, 0.2) is 0 Å². The molecule has 168 valence electrons. The summed E-state index contributed by atoms with van der Waals surface area (Å²) >= 11 is 3.55. The van der Waals surface area contributed by atoms with Crippen molar-refractivity contribution in [2.45, 2.75) is 57.2 Å². The van der Waals surface area contributed by atoms with Crippen LogP contribution < -0.4 is 11.1 Å². The lowest BCUT2D eigenvalue weighted by Crippen LogP contribution is -2.63. The molecular weight excluding hydrogens is 458 g/mol. The topological polar surface area (TPSA) is 84.7 Å². The van der Waals surface area contributed by atoms with E-state index in [1.807, 2.05) is 12.1 Å². The highest BCUT2D eigenvalue weighted by atomic mass is 79.9. The lowest BCUT2D eigenvalue weighted by atomic mass is 9.47. The summed E-state index contributed by atoms with van der Waals surface area (Å²) in [6.45, 7) is 4.15. The van der Waals surface area contributed by atoms with Crippen LogP contribution in [0, 0.1) is 23.2 Å². The zero-order chi connectivity index (χ0) is 21.8. The number of carbonyl (C=O) groups is 2. The lowest BCUT2D eigenvalue weighted by Gasteiger charge is -2.59. The Bertz CT molecular complexity index is 861. The quantitative estimate of drug-likeness (QED) is 0.665. The number of benzene rings is 1. The molecule has 31 heavy (non-hydrogen) atoms. The maximum atomic E-state index is 13.2. The first-order valence-electron chi connectivity index (χ1n) is 11.6. The molecule has 4 aliphatic carbocycles. The molecule has 2 amide bonds. The van der Waals surface area contributed by atoms with Crippen molar-refractivity contribution in [3.8, 4) is 0 Å². The summed E-state index contributed by atoms with van der Waals surface area (Å²) in [7, 11) is 0. The van der Waals surface area contributed by atoms with E-state index < -0.39 is 6.10 Å². The molecular formula is C24H32BrN3O3. The van der Waals surface area contributed by atoms with Crippen LogP contribution in [-0.2, 0) is 14.3 Å². The van der Waals surface area contributed by atoms with E-state index in [1.165, 1.54) is 5.56 Å². The first-order valence-corrected chi connectivity index (χ1v) is 12.4. The van der Waals surface area contributed by atoms with Crippen LogP contribution in [0.25, 0.3) is 0 Å². The maximum Gasteiger partial charge on any atom is 0.250 e. The average molecular weight is 490 g/mol. The molecule has 3 unspecified atom stereocenters. The van der Waals surface area contributed by atoms with Crippen molar-refractivity contribution in [1.29, 1.82) is 0 Å². The number of amides is 2. The van der Waals surface area contributed by atoms with Crippen LogP contribution in [0.3, 0.4) is 0 Å². The standard InChI is InChI=1S/C24H32BrN3O3/c1-14(16-3-2-4-19(25)9-16)28-5-6-31-20(13-28)22(29)27-21-17-7-15-8-18(21)12-24(10-15,11-17)23(26)30/h2-4,9,14-15,17-18,20-21H,5-8,10-13H2,1H3,(H2,26,30)(H,27,29)/t14-,15?,17?,18?,20?,21?,24?/m1/s1. The molecule has 4 atom stereocenters. The number of nitrogens with one attached hydrogen (secondary N) is 1. The number of primary amides is 1. The molecule has 1 aliphatic heterocycles. The Balaban J connectivity index is 1.23. The van der Waals surface area contributed by atoms with Crippen molar-refractivity contribution >= 4 is 27.7 Å². The fourth-order valence-corrected chi connectivity index (χ4v) is 7.39. The molecule has 4 saturated carbocycles. The van der Waals surface area contributed by atoms with E-state index in [-0.39, 0.29) is 29.3 Å². The van der Waals surface area contributed by atoms with E-state index in [1.54, 1.807) is 0 Å². The number of rotatable bonds is 5. The normalized spacial score (nSPS) is 38.1. The van der Waals surface area contributed by atoms with Crippen LogP contribution >= 0.6 is 15.9 Å². The van der Waals surface area contributed by atoms with Crippen molar-refractivity contribution in [3.63, 3.8) is 0 Å². The molecule has 0 radical (unpaired) electrons. The SMILES string of the molecule is C[C@H](c1cccc(Br)c1)N1CCOC(C(=O)NC2C3CC4CC2CC(C(N)=O)(C4)C3)C1. The third-order valence-electron chi connectivity index (χ3n) is 8.37. The number of carbonyl (C=O) groups excluding carboxylic acids is 2. The highest BCUT2D eigenvalue weighted by Crippen LogP contribution is 2.59. The van der Waals surface area contributed by atoms with Crippen LogP contribution in [0.5, 0.6) is 0 Å². The lowest BCUT2D eigenvalue weighted by molar-refractivity contribution is -0.151. The molecule has 1 heterocycles. The molecule has 5 fully saturated rings. The van der Waals surface area contributed by atoms with Gasteiger partial charge in [-0.1, -0.05) is 28.1 Å². The van der Waals surface area contributed by atoms with E-state index in [9.17, 15) is 9.59 Å². The van der Waals surface area contributed by atoms with E-state index in [0.29, 0.717) is 30.9 Å². The van der Waals surface area contributed by atoms with Crippen molar-refractivity contribution in [1.82, 2.24) is 10.2 Å². The second-order valence-corrected chi connectivity index (χ2v) is 11.1. The van der Waals surface area contributed by atoms with Gasteiger partial charge in [-0.25, -0.2) is 0 Å². The molecule has 1 aromatic rings. The Morgan fingerprint density at radius 2 is 2.00 bits per heavy atom. The summed E-state index contributed by atoms with van der Waals surface area (Å²) in [5.41, 5.74) is 6.71. The highest BCUT2D eigenvalue weighted by Gasteiger charge is 2.58. The van der Waals surface area contributed by atoms with Crippen LogP contribution in [0.2, 0.25) is 0 Å². The monoisotopic (exact) mass is 489 g/mol. The van der Waals surface area contributed by atoms with Gasteiger partial charge in [0.2, 0.25) is 5.91 Å². The Hall–Kier alpha value is -1.44.